The lowest BCUT2D eigenvalue weighted by Gasteiger charge is -2.05. The first kappa shape index (κ1) is 13.5. The van der Waals surface area contributed by atoms with E-state index in [0.29, 0.717) is 6.54 Å². The summed E-state index contributed by atoms with van der Waals surface area (Å²) in [6, 6.07) is 11.0. The molecule has 0 saturated heterocycles. The van der Waals surface area contributed by atoms with Crippen molar-refractivity contribution in [3.05, 3.63) is 59.5 Å². The molecule has 3 aromatic rings. The maximum atomic E-state index is 9.25. The van der Waals surface area contributed by atoms with Crippen LogP contribution in [0.3, 0.4) is 0 Å². The zero-order valence-electron chi connectivity index (χ0n) is 11.8. The van der Waals surface area contributed by atoms with Gasteiger partial charge in [0.1, 0.15) is 17.2 Å². The number of aromatic hydroxyl groups is 1. The average Bonchev–Trinajstić information content (AvgIpc) is 3.10. The van der Waals surface area contributed by atoms with Gasteiger partial charge < -0.3 is 14.8 Å². The summed E-state index contributed by atoms with van der Waals surface area (Å²) in [5.41, 5.74) is 3.08. The number of aromatic amines is 1. The molecule has 5 heteroatoms. The first-order valence-corrected chi connectivity index (χ1v) is 6.80. The van der Waals surface area contributed by atoms with Crippen molar-refractivity contribution in [3.8, 4) is 17.2 Å². The number of rotatable bonds is 5. The second kappa shape index (κ2) is 5.85. The summed E-state index contributed by atoms with van der Waals surface area (Å²) in [6.45, 7) is 3.33. The van der Waals surface area contributed by atoms with Crippen LogP contribution in [0.5, 0.6) is 5.75 Å². The molecule has 0 bridgehead atoms. The molecule has 0 spiro atoms. The molecular formula is C16H17N3O2. The Morgan fingerprint density at radius 2 is 1.95 bits per heavy atom. The number of benzene rings is 1. The van der Waals surface area contributed by atoms with Crippen LogP contribution in [0.4, 0.5) is 0 Å². The maximum absolute atomic E-state index is 9.25. The SMILES string of the molecule is Cc1ccc(-c2[nH]ncc2CNCc2ccc(O)cc2)o1. The lowest BCUT2D eigenvalue weighted by atomic mass is 10.2. The fraction of sp³-hybridized carbons (Fsp3) is 0.188. The van der Waals surface area contributed by atoms with Crippen LogP contribution in [0.1, 0.15) is 16.9 Å². The quantitative estimate of drug-likeness (QED) is 0.673. The lowest BCUT2D eigenvalue weighted by molar-refractivity contribution is 0.475. The van der Waals surface area contributed by atoms with Crippen molar-refractivity contribution in [3.63, 3.8) is 0 Å². The molecule has 3 rings (SSSR count). The van der Waals surface area contributed by atoms with Crippen LogP contribution in [-0.4, -0.2) is 15.3 Å². The third kappa shape index (κ3) is 3.14. The molecule has 0 unspecified atom stereocenters. The molecule has 0 aliphatic rings. The number of H-pyrrole nitrogens is 1. The second-order valence-corrected chi connectivity index (χ2v) is 4.95. The van der Waals surface area contributed by atoms with Crippen molar-refractivity contribution in [2.75, 3.05) is 0 Å². The second-order valence-electron chi connectivity index (χ2n) is 4.95. The van der Waals surface area contributed by atoms with Crippen LogP contribution in [0.2, 0.25) is 0 Å². The Hall–Kier alpha value is -2.53. The highest BCUT2D eigenvalue weighted by atomic mass is 16.3. The maximum Gasteiger partial charge on any atom is 0.152 e. The Bertz CT molecular complexity index is 713. The van der Waals surface area contributed by atoms with Crippen molar-refractivity contribution in [2.45, 2.75) is 20.0 Å². The first-order chi connectivity index (χ1) is 10.2. The molecule has 0 saturated carbocycles. The Balaban J connectivity index is 1.64. The summed E-state index contributed by atoms with van der Waals surface area (Å²) >= 11 is 0. The minimum Gasteiger partial charge on any atom is -0.508 e. The molecule has 0 aliphatic carbocycles. The summed E-state index contributed by atoms with van der Waals surface area (Å²) in [4.78, 5) is 0. The number of aryl methyl sites for hydroxylation is 1. The number of phenols is 1. The van der Waals surface area contributed by atoms with Crippen LogP contribution in [0.25, 0.3) is 11.5 Å². The van der Waals surface area contributed by atoms with Crippen molar-refractivity contribution < 1.29 is 9.52 Å². The zero-order chi connectivity index (χ0) is 14.7. The molecule has 108 valence electrons. The molecule has 0 fully saturated rings. The monoisotopic (exact) mass is 283 g/mol. The van der Waals surface area contributed by atoms with Gasteiger partial charge in [-0.1, -0.05) is 12.1 Å². The molecule has 0 aliphatic heterocycles. The van der Waals surface area contributed by atoms with Gasteiger partial charge in [-0.25, -0.2) is 0 Å². The molecule has 1 aromatic carbocycles. The van der Waals surface area contributed by atoms with Crippen LogP contribution in [0, 0.1) is 6.92 Å². The normalized spacial score (nSPS) is 10.9. The predicted molar refractivity (Wildman–Crippen MR) is 79.7 cm³/mol. The fourth-order valence-corrected chi connectivity index (χ4v) is 2.18. The highest BCUT2D eigenvalue weighted by Crippen LogP contribution is 2.23. The number of hydrogen-bond acceptors (Lipinski definition) is 4. The van der Waals surface area contributed by atoms with E-state index < -0.39 is 0 Å². The molecule has 5 nitrogen and oxygen atoms in total. The zero-order valence-corrected chi connectivity index (χ0v) is 11.8. The summed E-state index contributed by atoms with van der Waals surface area (Å²) in [6.07, 6.45) is 1.80. The van der Waals surface area contributed by atoms with E-state index in [4.69, 9.17) is 4.42 Å². The van der Waals surface area contributed by atoms with Gasteiger partial charge in [0, 0.05) is 18.7 Å². The lowest BCUT2D eigenvalue weighted by Crippen LogP contribution is -2.12. The van der Waals surface area contributed by atoms with Crippen LogP contribution >= 0.6 is 0 Å². The van der Waals surface area contributed by atoms with Gasteiger partial charge in [-0.05, 0) is 36.8 Å². The Morgan fingerprint density at radius 3 is 2.67 bits per heavy atom. The number of phenolic OH excluding ortho intramolecular Hbond substituents is 1. The highest BCUT2D eigenvalue weighted by Gasteiger charge is 2.10. The number of nitrogens with one attached hydrogen (secondary N) is 2. The predicted octanol–water partition coefficient (Wildman–Crippen LogP) is 2.97. The smallest absolute Gasteiger partial charge is 0.152 e. The highest BCUT2D eigenvalue weighted by molar-refractivity contribution is 5.56. The summed E-state index contributed by atoms with van der Waals surface area (Å²) in [5.74, 6) is 1.96. The fourth-order valence-electron chi connectivity index (χ4n) is 2.18. The van der Waals surface area contributed by atoms with E-state index in [0.717, 1.165) is 34.9 Å². The van der Waals surface area contributed by atoms with Gasteiger partial charge in [0.05, 0.1) is 6.20 Å². The van der Waals surface area contributed by atoms with Gasteiger partial charge >= 0.3 is 0 Å². The largest absolute Gasteiger partial charge is 0.508 e. The van der Waals surface area contributed by atoms with Gasteiger partial charge in [0.15, 0.2) is 5.76 Å². The number of aromatic nitrogens is 2. The topological polar surface area (TPSA) is 74.1 Å². The van der Waals surface area contributed by atoms with E-state index in [1.54, 1.807) is 18.3 Å². The average molecular weight is 283 g/mol. The molecule has 21 heavy (non-hydrogen) atoms. The molecule has 2 heterocycles. The number of nitrogens with zero attached hydrogens (tertiary/aromatic N) is 1. The van der Waals surface area contributed by atoms with Crippen LogP contribution in [0.15, 0.2) is 47.0 Å². The van der Waals surface area contributed by atoms with E-state index in [2.05, 4.69) is 15.5 Å². The van der Waals surface area contributed by atoms with E-state index in [-0.39, 0.29) is 5.75 Å². The van der Waals surface area contributed by atoms with E-state index in [1.807, 2.05) is 31.2 Å². The van der Waals surface area contributed by atoms with Crippen LogP contribution < -0.4 is 5.32 Å². The minimum atomic E-state index is 0.282. The third-order valence-electron chi connectivity index (χ3n) is 3.29. The molecule has 0 amide bonds. The Morgan fingerprint density at radius 1 is 1.14 bits per heavy atom. The standard InChI is InChI=1S/C16H17N3O2/c1-11-2-7-15(21-11)16-13(10-18-19-16)9-17-8-12-3-5-14(20)6-4-12/h2-7,10,17,20H,8-9H2,1H3,(H,18,19). The molecule has 0 radical (unpaired) electrons. The summed E-state index contributed by atoms with van der Waals surface area (Å²) in [5, 5.41) is 19.7. The van der Waals surface area contributed by atoms with Crippen LogP contribution in [-0.2, 0) is 13.1 Å². The van der Waals surface area contributed by atoms with E-state index in [9.17, 15) is 5.11 Å². The van der Waals surface area contributed by atoms with Gasteiger partial charge in [0.25, 0.3) is 0 Å². The van der Waals surface area contributed by atoms with Gasteiger partial charge in [-0.2, -0.15) is 5.10 Å². The van der Waals surface area contributed by atoms with E-state index >= 15 is 0 Å². The summed E-state index contributed by atoms with van der Waals surface area (Å²) in [7, 11) is 0. The first-order valence-electron chi connectivity index (χ1n) is 6.80. The Kier molecular flexibility index (Phi) is 3.75. The number of hydrogen-bond donors (Lipinski definition) is 3. The molecule has 3 N–H and O–H groups in total. The molecule has 0 atom stereocenters. The van der Waals surface area contributed by atoms with Crippen molar-refractivity contribution >= 4 is 0 Å². The van der Waals surface area contributed by atoms with Gasteiger partial charge in [0.2, 0.25) is 0 Å². The van der Waals surface area contributed by atoms with Gasteiger partial charge in [-0.3, -0.25) is 5.10 Å². The third-order valence-corrected chi connectivity index (χ3v) is 3.29. The van der Waals surface area contributed by atoms with Crippen molar-refractivity contribution in [1.82, 2.24) is 15.5 Å². The molecule has 2 aromatic heterocycles. The summed E-state index contributed by atoms with van der Waals surface area (Å²) < 4.78 is 5.62. The molecular weight excluding hydrogens is 266 g/mol. The minimum absolute atomic E-state index is 0.282. The Labute approximate surface area is 122 Å². The van der Waals surface area contributed by atoms with Gasteiger partial charge in [-0.15, -0.1) is 0 Å². The number of furan rings is 1. The van der Waals surface area contributed by atoms with E-state index in [1.165, 1.54) is 0 Å². The van der Waals surface area contributed by atoms with Crippen molar-refractivity contribution in [2.24, 2.45) is 0 Å². The van der Waals surface area contributed by atoms with Crippen molar-refractivity contribution in [1.29, 1.82) is 0 Å².